The number of nitrogens with zero attached hydrogens (tertiary/aromatic N) is 4. The SMILES string of the molecule is CCc1nc(NCc2ccccc2)nc(-c2n[nH]c3c(C(=O)O)cccc23)n1. The van der Waals surface area contributed by atoms with Crippen molar-refractivity contribution in [1.29, 1.82) is 0 Å². The zero-order valence-electron chi connectivity index (χ0n) is 15.2. The number of carboxylic acids is 1. The standard InChI is InChI=1S/C20H18N6O2/c1-2-15-22-18(24-20(23-15)21-11-12-7-4-3-5-8-12)17-13-9-6-10-14(19(27)28)16(13)25-26-17/h3-10H,2,11H2,1H3,(H,25,26)(H,27,28)(H,21,22,23,24). The van der Waals surface area contributed by atoms with Gasteiger partial charge in [0.05, 0.1) is 11.1 Å². The van der Waals surface area contributed by atoms with E-state index in [9.17, 15) is 9.90 Å². The average Bonchev–Trinajstić information content (AvgIpc) is 3.17. The first-order chi connectivity index (χ1) is 13.7. The van der Waals surface area contributed by atoms with E-state index in [0.29, 0.717) is 47.2 Å². The Hall–Kier alpha value is -3.81. The summed E-state index contributed by atoms with van der Waals surface area (Å²) in [5, 5.41) is 20.3. The van der Waals surface area contributed by atoms with Crippen LogP contribution in [0.5, 0.6) is 0 Å². The Bertz CT molecular complexity index is 1140. The van der Waals surface area contributed by atoms with Crippen LogP contribution in [0.3, 0.4) is 0 Å². The maximum Gasteiger partial charge on any atom is 0.337 e. The smallest absolute Gasteiger partial charge is 0.337 e. The molecule has 0 bridgehead atoms. The van der Waals surface area contributed by atoms with Crippen molar-refractivity contribution < 1.29 is 9.90 Å². The van der Waals surface area contributed by atoms with Crippen LogP contribution < -0.4 is 5.32 Å². The number of rotatable bonds is 6. The third-order valence-corrected chi connectivity index (χ3v) is 4.33. The largest absolute Gasteiger partial charge is 0.478 e. The van der Waals surface area contributed by atoms with Gasteiger partial charge >= 0.3 is 5.97 Å². The summed E-state index contributed by atoms with van der Waals surface area (Å²) in [5.74, 6) is 0.467. The number of H-pyrrole nitrogens is 1. The Morgan fingerprint density at radius 3 is 2.64 bits per heavy atom. The van der Waals surface area contributed by atoms with Gasteiger partial charge in [0.1, 0.15) is 11.5 Å². The number of nitrogens with one attached hydrogen (secondary N) is 2. The molecule has 0 aliphatic carbocycles. The highest BCUT2D eigenvalue weighted by atomic mass is 16.4. The molecule has 0 atom stereocenters. The summed E-state index contributed by atoms with van der Waals surface area (Å²) in [6.07, 6.45) is 0.637. The average molecular weight is 374 g/mol. The number of aromatic carboxylic acids is 1. The molecule has 2 aromatic heterocycles. The van der Waals surface area contributed by atoms with Crippen LogP contribution in [0.15, 0.2) is 48.5 Å². The van der Waals surface area contributed by atoms with Crippen molar-refractivity contribution in [2.75, 3.05) is 5.32 Å². The van der Waals surface area contributed by atoms with Crippen LogP contribution in [0.4, 0.5) is 5.95 Å². The molecule has 2 aromatic carbocycles. The monoisotopic (exact) mass is 374 g/mol. The Morgan fingerprint density at radius 2 is 1.89 bits per heavy atom. The zero-order chi connectivity index (χ0) is 19.5. The molecule has 0 saturated carbocycles. The van der Waals surface area contributed by atoms with E-state index in [-0.39, 0.29) is 5.56 Å². The second-order valence-electron chi connectivity index (χ2n) is 6.20. The summed E-state index contributed by atoms with van der Waals surface area (Å²) in [4.78, 5) is 24.9. The fraction of sp³-hybridized carbons (Fsp3) is 0.150. The highest BCUT2D eigenvalue weighted by Crippen LogP contribution is 2.26. The van der Waals surface area contributed by atoms with Gasteiger partial charge < -0.3 is 10.4 Å². The Morgan fingerprint density at radius 1 is 1.07 bits per heavy atom. The van der Waals surface area contributed by atoms with Crippen LogP contribution in [0.1, 0.15) is 28.7 Å². The molecule has 28 heavy (non-hydrogen) atoms. The molecule has 0 unspecified atom stereocenters. The van der Waals surface area contributed by atoms with E-state index >= 15 is 0 Å². The van der Waals surface area contributed by atoms with E-state index < -0.39 is 5.97 Å². The molecule has 0 saturated heterocycles. The number of anilines is 1. The van der Waals surface area contributed by atoms with Crippen LogP contribution in [-0.4, -0.2) is 36.2 Å². The molecule has 4 rings (SSSR count). The molecule has 0 aliphatic rings. The van der Waals surface area contributed by atoms with Crippen molar-refractivity contribution in [3.8, 4) is 11.5 Å². The lowest BCUT2D eigenvalue weighted by Crippen LogP contribution is -2.08. The summed E-state index contributed by atoms with van der Waals surface area (Å²) in [5.41, 5.74) is 2.21. The van der Waals surface area contributed by atoms with Gasteiger partial charge in [-0.15, -0.1) is 0 Å². The molecule has 8 heteroatoms. The molecular weight excluding hydrogens is 356 g/mol. The van der Waals surface area contributed by atoms with Gasteiger partial charge in [-0.25, -0.2) is 9.78 Å². The zero-order valence-corrected chi connectivity index (χ0v) is 15.2. The normalized spacial score (nSPS) is 10.9. The van der Waals surface area contributed by atoms with Crippen molar-refractivity contribution in [1.82, 2.24) is 25.1 Å². The molecule has 0 amide bonds. The predicted molar refractivity (Wildman–Crippen MR) is 105 cm³/mol. The van der Waals surface area contributed by atoms with Gasteiger partial charge in [0.25, 0.3) is 0 Å². The third-order valence-electron chi connectivity index (χ3n) is 4.33. The van der Waals surface area contributed by atoms with Crippen molar-refractivity contribution in [2.45, 2.75) is 19.9 Å². The van der Waals surface area contributed by atoms with Crippen LogP contribution in [0.2, 0.25) is 0 Å². The first kappa shape index (κ1) is 17.6. The van der Waals surface area contributed by atoms with E-state index in [1.807, 2.05) is 37.3 Å². The number of aromatic nitrogens is 5. The van der Waals surface area contributed by atoms with E-state index in [1.54, 1.807) is 12.1 Å². The summed E-state index contributed by atoms with van der Waals surface area (Å²) in [6.45, 7) is 2.54. The molecule has 0 spiro atoms. The number of para-hydroxylation sites is 1. The minimum atomic E-state index is -1.02. The number of fused-ring (bicyclic) bond motifs is 1. The summed E-state index contributed by atoms with van der Waals surface area (Å²) < 4.78 is 0. The van der Waals surface area contributed by atoms with Crippen molar-refractivity contribution >= 4 is 22.8 Å². The number of hydrogen-bond donors (Lipinski definition) is 3. The van der Waals surface area contributed by atoms with Crippen molar-refractivity contribution in [2.24, 2.45) is 0 Å². The first-order valence-electron chi connectivity index (χ1n) is 8.89. The maximum atomic E-state index is 11.4. The second kappa shape index (κ2) is 7.43. The van der Waals surface area contributed by atoms with Gasteiger partial charge in [0.2, 0.25) is 5.95 Å². The van der Waals surface area contributed by atoms with Crippen LogP contribution in [0.25, 0.3) is 22.4 Å². The Kier molecular flexibility index (Phi) is 4.67. The van der Waals surface area contributed by atoms with Gasteiger partial charge in [0.15, 0.2) is 5.82 Å². The molecule has 0 aliphatic heterocycles. The summed E-state index contributed by atoms with van der Waals surface area (Å²) in [7, 11) is 0. The third kappa shape index (κ3) is 3.39. The van der Waals surface area contributed by atoms with Gasteiger partial charge in [-0.1, -0.05) is 49.4 Å². The van der Waals surface area contributed by atoms with Crippen LogP contribution in [0, 0.1) is 0 Å². The lowest BCUT2D eigenvalue weighted by molar-refractivity contribution is 0.0699. The molecule has 0 radical (unpaired) electrons. The van der Waals surface area contributed by atoms with E-state index in [0.717, 1.165) is 5.56 Å². The van der Waals surface area contributed by atoms with Crippen molar-refractivity contribution in [3.63, 3.8) is 0 Å². The topological polar surface area (TPSA) is 117 Å². The number of aryl methyl sites for hydroxylation is 1. The second-order valence-corrected chi connectivity index (χ2v) is 6.20. The molecule has 2 heterocycles. The number of carboxylic acid groups (broad SMARTS) is 1. The molecule has 140 valence electrons. The maximum absolute atomic E-state index is 11.4. The minimum Gasteiger partial charge on any atom is -0.478 e. The van der Waals surface area contributed by atoms with Gasteiger partial charge in [-0.3, -0.25) is 5.10 Å². The lowest BCUT2D eigenvalue weighted by Gasteiger charge is -2.08. The van der Waals surface area contributed by atoms with Gasteiger partial charge in [0, 0.05) is 18.4 Å². The summed E-state index contributed by atoms with van der Waals surface area (Å²) >= 11 is 0. The van der Waals surface area contributed by atoms with Crippen molar-refractivity contribution in [3.05, 3.63) is 65.5 Å². The Labute approximate surface area is 160 Å². The fourth-order valence-electron chi connectivity index (χ4n) is 2.93. The lowest BCUT2D eigenvalue weighted by atomic mass is 10.1. The fourth-order valence-corrected chi connectivity index (χ4v) is 2.93. The molecular formula is C20H18N6O2. The van der Waals surface area contributed by atoms with Crippen LogP contribution >= 0.6 is 0 Å². The molecule has 8 nitrogen and oxygen atoms in total. The minimum absolute atomic E-state index is 0.156. The highest BCUT2D eigenvalue weighted by Gasteiger charge is 2.17. The number of benzene rings is 2. The predicted octanol–water partition coefficient (Wildman–Crippen LogP) is 3.29. The first-order valence-corrected chi connectivity index (χ1v) is 8.89. The number of carbonyl (C=O) groups is 1. The highest BCUT2D eigenvalue weighted by molar-refractivity contribution is 6.05. The molecule has 0 fully saturated rings. The van der Waals surface area contributed by atoms with E-state index in [1.165, 1.54) is 6.07 Å². The van der Waals surface area contributed by atoms with Crippen LogP contribution in [-0.2, 0) is 13.0 Å². The quantitative estimate of drug-likeness (QED) is 0.474. The Balaban J connectivity index is 1.73. The van der Waals surface area contributed by atoms with E-state index in [2.05, 4.69) is 30.5 Å². The summed E-state index contributed by atoms with van der Waals surface area (Å²) in [6, 6.07) is 15.0. The van der Waals surface area contributed by atoms with E-state index in [4.69, 9.17) is 0 Å². The van der Waals surface area contributed by atoms with Gasteiger partial charge in [-0.2, -0.15) is 15.1 Å². The van der Waals surface area contributed by atoms with Gasteiger partial charge in [-0.05, 0) is 11.6 Å². The molecule has 3 N–H and O–H groups in total. The molecule has 4 aromatic rings. The number of aromatic amines is 1. The number of hydrogen-bond acceptors (Lipinski definition) is 6.